The van der Waals surface area contributed by atoms with Crippen LogP contribution in [-0.2, 0) is 11.3 Å². The van der Waals surface area contributed by atoms with Crippen LogP contribution in [0, 0.1) is 0 Å². The summed E-state index contributed by atoms with van der Waals surface area (Å²) in [6.45, 7) is 9.53. The molecule has 0 aromatic carbocycles. The first-order valence-electron chi connectivity index (χ1n) is 8.20. The van der Waals surface area contributed by atoms with Gasteiger partial charge in [0, 0.05) is 24.2 Å². The van der Waals surface area contributed by atoms with Crippen LogP contribution in [0.4, 0.5) is 10.6 Å². The molecule has 0 spiro atoms. The summed E-state index contributed by atoms with van der Waals surface area (Å²) in [5, 5.41) is 13.1. The largest absolute Gasteiger partial charge is 0.444 e. The molecule has 2 heterocycles. The highest BCUT2D eigenvalue weighted by molar-refractivity contribution is 5.84. The molecule has 0 bridgehead atoms. The lowest BCUT2D eigenvalue weighted by Gasteiger charge is -2.35. The van der Waals surface area contributed by atoms with Crippen molar-refractivity contribution >= 4 is 11.9 Å². The third-order valence-electron chi connectivity index (χ3n) is 4.13. The first kappa shape index (κ1) is 17.7. The van der Waals surface area contributed by atoms with Gasteiger partial charge in [-0.15, -0.1) is 0 Å². The number of hydrogen-bond acceptors (Lipinski definition) is 5. The number of aromatic amines is 1. The van der Waals surface area contributed by atoms with Gasteiger partial charge in [0.1, 0.15) is 11.4 Å². The lowest BCUT2D eigenvalue weighted by atomic mass is 9.99. The second-order valence-electron chi connectivity index (χ2n) is 7.33. The Morgan fingerprint density at radius 3 is 2.91 bits per heavy atom. The van der Waals surface area contributed by atoms with E-state index in [1.807, 2.05) is 20.8 Å². The van der Waals surface area contributed by atoms with E-state index in [-0.39, 0.29) is 0 Å². The number of piperidine rings is 1. The Hall–Kier alpha value is -1.60. The van der Waals surface area contributed by atoms with Gasteiger partial charge in [-0.25, -0.2) is 4.79 Å². The fourth-order valence-corrected chi connectivity index (χ4v) is 2.69. The predicted molar refractivity (Wildman–Crippen MR) is 90.4 cm³/mol. The summed E-state index contributed by atoms with van der Waals surface area (Å²) in [6.07, 6.45) is 3.52. The number of aromatic nitrogens is 2. The van der Waals surface area contributed by atoms with Crippen LogP contribution in [-0.4, -0.2) is 52.5 Å². The molecular weight excluding hydrogens is 294 g/mol. The maximum Gasteiger partial charge on any atom is 0.413 e. The normalized spacial score (nSPS) is 22.8. The maximum atomic E-state index is 11.9. The highest BCUT2D eigenvalue weighted by atomic mass is 16.6. The molecule has 1 fully saturated rings. The number of ether oxygens (including phenoxy) is 1. The van der Waals surface area contributed by atoms with Crippen LogP contribution in [0.15, 0.2) is 6.20 Å². The van der Waals surface area contributed by atoms with Gasteiger partial charge in [0.15, 0.2) is 0 Å². The number of carbonyl (C=O) groups is 1. The van der Waals surface area contributed by atoms with E-state index >= 15 is 0 Å². The summed E-state index contributed by atoms with van der Waals surface area (Å²) in [4.78, 5) is 14.2. The van der Waals surface area contributed by atoms with Crippen LogP contribution < -0.4 is 10.6 Å². The van der Waals surface area contributed by atoms with Gasteiger partial charge < -0.3 is 15.0 Å². The summed E-state index contributed by atoms with van der Waals surface area (Å²) in [6, 6.07) is 1.08. The Labute approximate surface area is 138 Å². The van der Waals surface area contributed by atoms with E-state index in [9.17, 15) is 4.79 Å². The van der Waals surface area contributed by atoms with Crippen LogP contribution in [0.1, 0.15) is 46.1 Å². The van der Waals surface area contributed by atoms with E-state index in [1.165, 1.54) is 0 Å². The molecule has 2 rings (SSSR count). The van der Waals surface area contributed by atoms with Crippen molar-refractivity contribution in [2.24, 2.45) is 0 Å². The van der Waals surface area contributed by atoms with Crippen molar-refractivity contribution in [3.63, 3.8) is 0 Å². The van der Waals surface area contributed by atoms with Crippen molar-refractivity contribution in [2.75, 3.05) is 18.9 Å². The Balaban J connectivity index is 1.85. The Kier molecular flexibility index (Phi) is 5.64. The zero-order valence-corrected chi connectivity index (χ0v) is 14.8. The van der Waals surface area contributed by atoms with Crippen molar-refractivity contribution in [2.45, 2.75) is 64.8 Å². The molecule has 1 amide bonds. The first-order chi connectivity index (χ1) is 10.7. The number of amides is 1. The number of H-pyrrole nitrogens is 1. The second kappa shape index (κ2) is 7.31. The van der Waals surface area contributed by atoms with Crippen LogP contribution in [0.2, 0.25) is 0 Å². The molecule has 1 saturated heterocycles. The molecule has 1 aliphatic heterocycles. The molecule has 1 aromatic heterocycles. The summed E-state index contributed by atoms with van der Waals surface area (Å²) in [5.74, 6) is 0.590. The first-order valence-corrected chi connectivity index (χ1v) is 8.20. The van der Waals surface area contributed by atoms with Gasteiger partial charge in [0.25, 0.3) is 0 Å². The van der Waals surface area contributed by atoms with E-state index in [4.69, 9.17) is 4.74 Å². The van der Waals surface area contributed by atoms with E-state index in [2.05, 4.69) is 39.7 Å². The molecule has 1 aliphatic rings. The molecule has 2 atom stereocenters. The number of hydrogen-bond donors (Lipinski definition) is 3. The fourth-order valence-electron chi connectivity index (χ4n) is 2.69. The summed E-state index contributed by atoms with van der Waals surface area (Å²) < 4.78 is 5.26. The predicted octanol–water partition coefficient (Wildman–Crippen LogP) is 2.33. The van der Waals surface area contributed by atoms with Gasteiger partial charge in [-0.3, -0.25) is 10.4 Å². The molecular formula is C16H29N5O2. The summed E-state index contributed by atoms with van der Waals surface area (Å²) >= 11 is 0. The lowest BCUT2D eigenvalue weighted by Crippen LogP contribution is -2.45. The Morgan fingerprint density at radius 1 is 1.52 bits per heavy atom. The van der Waals surface area contributed by atoms with E-state index in [1.54, 1.807) is 6.20 Å². The molecule has 130 valence electrons. The quantitative estimate of drug-likeness (QED) is 0.792. The van der Waals surface area contributed by atoms with E-state index in [0.29, 0.717) is 24.4 Å². The molecule has 3 N–H and O–H groups in total. The minimum Gasteiger partial charge on any atom is -0.444 e. The highest BCUT2D eigenvalue weighted by Gasteiger charge is 2.23. The van der Waals surface area contributed by atoms with Crippen molar-refractivity contribution in [1.82, 2.24) is 20.4 Å². The summed E-state index contributed by atoms with van der Waals surface area (Å²) in [5.41, 5.74) is 0.412. The smallest absolute Gasteiger partial charge is 0.413 e. The minimum absolute atomic E-state index is 0.476. The van der Waals surface area contributed by atoms with Crippen LogP contribution in [0.25, 0.3) is 0 Å². The van der Waals surface area contributed by atoms with Gasteiger partial charge >= 0.3 is 6.09 Å². The topological polar surface area (TPSA) is 82.3 Å². The van der Waals surface area contributed by atoms with Gasteiger partial charge in [0.2, 0.25) is 0 Å². The number of anilines is 1. The van der Waals surface area contributed by atoms with Crippen molar-refractivity contribution in [3.05, 3.63) is 11.8 Å². The van der Waals surface area contributed by atoms with Gasteiger partial charge in [-0.05, 0) is 54.1 Å². The number of carbonyl (C=O) groups excluding carboxylic acids is 1. The number of nitrogens with one attached hydrogen (secondary N) is 3. The minimum atomic E-state index is -0.521. The molecule has 0 aliphatic carbocycles. The molecule has 0 saturated carbocycles. The Bertz CT molecular complexity index is 523. The monoisotopic (exact) mass is 323 g/mol. The number of nitrogens with zero attached hydrogens (tertiary/aromatic N) is 2. The van der Waals surface area contributed by atoms with Crippen LogP contribution in [0.5, 0.6) is 0 Å². The van der Waals surface area contributed by atoms with Gasteiger partial charge in [-0.1, -0.05) is 0 Å². The maximum absolute atomic E-state index is 11.9. The number of rotatable bonds is 4. The van der Waals surface area contributed by atoms with Crippen molar-refractivity contribution in [1.29, 1.82) is 0 Å². The summed E-state index contributed by atoms with van der Waals surface area (Å²) in [7, 11) is 2.17. The third kappa shape index (κ3) is 5.51. The zero-order valence-electron chi connectivity index (χ0n) is 14.8. The lowest BCUT2D eigenvalue weighted by molar-refractivity contribution is 0.0635. The SMILES string of the molecule is CC1CC(NCc2cn[nH]c2NC(=O)OC(C)(C)C)CCN1C. The van der Waals surface area contributed by atoms with E-state index < -0.39 is 11.7 Å². The van der Waals surface area contributed by atoms with E-state index in [0.717, 1.165) is 24.9 Å². The number of likely N-dealkylation sites (tertiary alicyclic amines) is 1. The molecule has 23 heavy (non-hydrogen) atoms. The average molecular weight is 323 g/mol. The standard InChI is InChI=1S/C16H29N5O2/c1-11-8-13(6-7-21(11)5)17-9-12-10-18-20-14(12)19-15(22)23-16(2,3)4/h10-11,13,17H,6-9H2,1-5H3,(H2,18,19,20,22). The highest BCUT2D eigenvalue weighted by Crippen LogP contribution is 2.18. The second-order valence-corrected chi connectivity index (χ2v) is 7.33. The zero-order chi connectivity index (χ0) is 17.0. The van der Waals surface area contributed by atoms with Gasteiger partial charge in [0.05, 0.1) is 6.20 Å². The average Bonchev–Trinajstić information content (AvgIpc) is 2.85. The van der Waals surface area contributed by atoms with Crippen LogP contribution in [0.3, 0.4) is 0 Å². The van der Waals surface area contributed by atoms with Crippen molar-refractivity contribution < 1.29 is 9.53 Å². The van der Waals surface area contributed by atoms with Crippen LogP contribution >= 0.6 is 0 Å². The molecule has 2 unspecified atom stereocenters. The van der Waals surface area contributed by atoms with Crippen molar-refractivity contribution in [3.8, 4) is 0 Å². The fraction of sp³-hybridized carbons (Fsp3) is 0.750. The Morgan fingerprint density at radius 2 is 2.26 bits per heavy atom. The van der Waals surface area contributed by atoms with Gasteiger partial charge in [-0.2, -0.15) is 5.10 Å². The molecule has 7 nitrogen and oxygen atoms in total. The third-order valence-corrected chi connectivity index (χ3v) is 4.13. The molecule has 0 radical (unpaired) electrons. The molecule has 1 aromatic rings. The molecule has 7 heteroatoms.